The lowest BCUT2D eigenvalue weighted by atomic mass is 9.92. The second-order valence-electron chi connectivity index (χ2n) is 5.43. The maximum atomic E-state index is 11.2. The van der Waals surface area contributed by atoms with Gasteiger partial charge in [0.2, 0.25) is 0 Å². The van der Waals surface area contributed by atoms with E-state index in [0.29, 0.717) is 12.0 Å². The molecular formula is C14H22F3NO6. The topological polar surface area (TPSA) is 104 Å². The van der Waals surface area contributed by atoms with Gasteiger partial charge in [-0.3, -0.25) is 4.79 Å². The summed E-state index contributed by atoms with van der Waals surface area (Å²) in [5, 5.41) is 16.0. The summed E-state index contributed by atoms with van der Waals surface area (Å²) in [6.45, 7) is 7.07. The first-order valence-electron chi connectivity index (χ1n) is 6.65. The van der Waals surface area contributed by atoms with Crippen molar-refractivity contribution in [3.63, 3.8) is 0 Å². The zero-order valence-electron chi connectivity index (χ0n) is 13.9. The number of aliphatic carboxylic acids is 2. The molecule has 0 aromatic heterocycles. The first-order chi connectivity index (χ1) is 10.6. The summed E-state index contributed by atoms with van der Waals surface area (Å²) in [6, 6.07) is 0. The average Bonchev–Trinajstić information content (AvgIpc) is 2.36. The lowest BCUT2D eigenvalue weighted by Gasteiger charge is -2.35. The summed E-state index contributed by atoms with van der Waals surface area (Å²) in [7, 11) is 3.62. The predicted octanol–water partition coefficient (Wildman–Crippen LogP) is 1.92. The minimum Gasteiger partial charge on any atom is -0.481 e. The Labute approximate surface area is 137 Å². The zero-order valence-corrected chi connectivity index (χ0v) is 13.9. The van der Waals surface area contributed by atoms with E-state index in [1.165, 1.54) is 0 Å². The molecular weight excluding hydrogens is 335 g/mol. The van der Waals surface area contributed by atoms with Crippen molar-refractivity contribution in [2.75, 3.05) is 20.7 Å². The maximum absolute atomic E-state index is 11.2. The van der Waals surface area contributed by atoms with Gasteiger partial charge in [-0.25, -0.2) is 9.59 Å². The van der Waals surface area contributed by atoms with Gasteiger partial charge in [0.15, 0.2) is 0 Å². The Balaban J connectivity index is 0. The summed E-state index contributed by atoms with van der Waals surface area (Å²) in [4.78, 5) is 32.7. The number of hydrogen-bond acceptors (Lipinski definition) is 5. The highest BCUT2D eigenvalue weighted by Crippen LogP contribution is 2.21. The number of esters is 1. The molecule has 0 saturated heterocycles. The molecule has 10 heteroatoms. The van der Waals surface area contributed by atoms with Crippen LogP contribution in [0.1, 0.15) is 26.7 Å². The lowest BCUT2D eigenvalue weighted by molar-refractivity contribution is -0.192. The highest BCUT2D eigenvalue weighted by molar-refractivity contribution is 5.86. The third kappa shape index (κ3) is 10.6. The van der Waals surface area contributed by atoms with Crippen LogP contribution in [0.15, 0.2) is 12.2 Å². The Bertz CT molecular complexity index is 476. The number of ether oxygens (including phenoxy) is 1. The number of carboxylic acids is 2. The van der Waals surface area contributed by atoms with Gasteiger partial charge in [-0.1, -0.05) is 6.58 Å². The van der Waals surface area contributed by atoms with E-state index < -0.39 is 29.6 Å². The molecule has 2 N–H and O–H groups in total. The molecule has 0 aromatic rings. The third-order valence-corrected chi connectivity index (χ3v) is 3.08. The van der Waals surface area contributed by atoms with E-state index in [0.717, 1.165) is 0 Å². The van der Waals surface area contributed by atoms with E-state index in [4.69, 9.17) is 19.7 Å². The van der Waals surface area contributed by atoms with Gasteiger partial charge in [0.05, 0.1) is 13.0 Å². The highest BCUT2D eigenvalue weighted by Gasteiger charge is 2.38. The number of alkyl halides is 3. The Morgan fingerprint density at radius 2 is 1.58 bits per heavy atom. The van der Waals surface area contributed by atoms with Crippen LogP contribution < -0.4 is 0 Å². The molecule has 0 aromatic carbocycles. The van der Waals surface area contributed by atoms with Crippen LogP contribution in [0.25, 0.3) is 0 Å². The molecule has 0 saturated carbocycles. The summed E-state index contributed by atoms with van der Waals surface area (Å²) < 4.78 is 36.7. The molecule has 0 heterocycles. The molecule has 0 bridgehead atoms. The van der Waals surface area contributed by atoms with Gasteiger partial charge in [0, 0.05) is 17.5 Å². The van der Waals surface area contributed by atoms with E-state index in [1.807, 2.05) is 25.9 Å². The number of carbonyl (C=O) groups is 3. The summed E-state index contributed by atoms with van der Waals surface area (Å²) in [5.41, 5.74) is -0.184. The van der Waals surface area contributed by atoms with Gasteiger partial charge >= 0.3 is 24.1 Å². The SMILES string of the molecule is C=C(C)C(=O)OCCC(C)(CC(=O)O)N(C)C.O=C(O)C(F)(F)F. The van der Waals surface area contributed by atoms with Gasteiger partial charge in [0.1, 0.15) is 0 Å². The molecule has 0 rings (SSSR count). The van der Waals surface area contributed by atoms with Crippen molar-refractivity contribution < 1.29 is 42.5 Å². The number of halogens is 3. The molecule has 0 fully saturated rings. The number of carbonyl (C=O) groups excluding carboxylic acids is 1. The molecule has 0 amide bonds. The smallest absolute Gasteiger partial charge is 0.481 e. The zero-order chi connectivity index (χ0) is 19.7. The number of hydrogen-bond donors (Lipinski definition) is 2. The van der Waals surface area contributed by atoms with E-state index in [1.54, 1.807) is 6.92 Å². The highest BCUT2D eigenvalue weighted by atomic mass is 19.4. The molecule has 1 unspecified atom stereocenters. The standard InChI is InChI=1S/C12H21NO4.C2HF3O2/c1-9(2)11(16)17-7-6-12(3,13(4)5)8-10(14)15;3-2(4,5)1(6)7/h1,6-8H2,2-5H3,(H,14,15);(H,6,7). The molecule has 0 spiro atoms. The van der Waals surface area contributed by atoms with Crippen molar-refractivity contribution in [3.8, 4) is 0 Å². The summed E-state index contributed by atoms with van der Waals surface area (Å²) in [6.07, 6.45) is -4.62. The molecule has 0 radical (unpaired) electrons. The minimum absolute atomic E-state index is 0.00459. The number of carboxylic acid groups (broad SMARTS) is 2. The van der Waals surface area contributed by atoms with Crippen LogP contribution in [-0.4, -0.2) is 65.4 Å². The van der Waals surface area contributed by atoms with Crippen molar-refractivity contribution in [3.05, 3.63) is 12.2 Å². The van der Waals surface area contributed by atoms with E-state index in [9.17, 15) is 22.8 Å². The summed E-state index contributed by atoms with van der Waals surface area (Å²) >= 11 is 0. The molecule has 7 nitrogen and oxygen atoms in total. The van der Waals surface area contributed by atoms with E-state index in [-0.39, 0.29) is 13.0 Å². The van der Waals surface area contributed by atoms with Crippen molar-refractivity contribution in [2.24, 2.45) is 0 Å². The molecule has 140 valence electrons. The van der Waals surface area contributed by atoms with Crippen LogP contribution in [0.2, 0.25) is 0 Å². The second kappa shape index (κ2) is 9.91. The van der Waals surface area contributed by atoms with Crippen molar-refractivity contribution in [2.45, 2.75) is 38.4 Å². The summed E-state index contributed by atoms with van der Waals surface area (Å²) in [5.74, 6) is -4.07. The Morgan fingerprint density at radius 3 is 1.83 bits per heavy atom. The van der Waals surface area contributed by atoms with Crippen LogP contribution in [0, 0.1) is 0 Å². The van der Waals surface area contributed by atoms with Crippen LogP contribution in [0.5, 0.6) is 0 Å². The van der Waals surface area contributed by atoms with Gasteiger partial charge in [-0.2, -0.15) is 13.2 Å². The monoisotopic (exact) mass is 357 g/mol. The number of rotatable bonds is 7. The molecule has 0 aliphatic heterocycles. The normalized spacial score (nSPS) is 13.3. The largest absolute Gasteiger partial charge is 0.490 e. The minimum atomic E-state index is -5.08. The van der Waals surface area contributed by atoms with Crippen molar-refractivity contribution in [1.29, 1.82) is 0 Å². The fraction of sp³-hybridized carbons (Fsp3) is 0.643. The third-order valence-electron chi connectivity index (χ3n) is 3.08. The van der Waals surface area contributed by atoms with Crippen molar-refractivity contribution in [1.82, 2.24) is 4.90 Å². The van der Waals surface area contributed by atoms with Crippen molar-refractivity contribution >= 4 is 17.9 Å². The average molecular weight is 357 g/mol. The van der Waals surface area contributed by atoms with Gasteiger partial charge in [0.25, 0.3) is 0 Å². The Kier molecular flexibility index (Phi) is 9.97. The molecule has 1 atom stereocenters. The fourth-order valence-corrected chi connectivity index (χ4v) is 1.28. The van der Waals surface area contributed by atoms with Gasteiger partial charge in [-0.15, -0.1) is 0 Å². The predicted molar refractivity (Wildman–Crippen MR) is 78.4 cm³/mol. The van der Waals surface area contributed by atoms with Crippen LogP contribution in [-0.2, 0) is 19.1 Å². The quantitative estimate of drug-likeness (QED) is 0.530. The molecule has 0 aliphatic rings. The van der Waals surface area contributed by atoms with Gasteiger partial charge in [-0.05, 0) is 27.9 Å². The fourth-order valence-electron chi connectivity index (χ4n) is 1.28. The first-order valence-corrected chi connectivity index (χ1v) is 6.65. The van der Waals surface area contributed by atoms with Crippen LogP contribution >= 0.6 is 0 Å². The second-order valence-corrected chi connectivity index (χ2v) is 5.43. The number of nitrogens with zero attached hydrogens (tertiary/aromatic N) is 1. The lowest BCUT2D eigenvalue weighted by Crippen LogP contribution is -2.44. The Morgan fingerprint density at radius 1 is 1.17 bits per heavy atom. The molecule has 24 heavy (non-hydrogen) atoms. The Hall–Kier alpha value is -2.10. The van der Waals surface area contributed by atoms with Crippen LogP contribution in [0.3, 0.4) is 0 Å². The van der Waals surface area contributed by atoms with E-state index in [2.05, 4.69) is 6.58 Å². The van der Waals surface area contributed by atoms with Gasteiger partial charge < -0.3 is 19.8 Å². The van der Waals surface area contributed by atoms with Crippen LogP contribution in [0.4, 0.5) is 13.2 Å². The van der Waals surface area contributed by atoms with E-state index >= 15 is 0 Å². The molecule has 0 aliphatic carbocycles. The first kappa shape index (κ1) is 24.2. The maximum Gasteiger partial charge on any atom is 0.490 e.